The van der Waals surface area contributed by atoms with E-state index in [1.54, 1.807) is 11.3 Å². The third kappa shape index (κ3) is 3.81. The van der Waals surface area contributed by atoms with E-state index in [2.05, 4.69) is 27.0 Å². The summed E-state index contributed by atoms with van der Waals surface area (Å²) in [6.07, 6.45) is 1.82. The van der Waals surface area contributed by atoms with Crippen molar-refractivity contribution in [2.75, 3.05) is 31.2 Å². The largest absolute Gasteiger partial charge is 0.378 e. The maximum Gasteiger partial charge on any atom is 0.260 e. The smallest absolute Gasteiger partial charge is 0.260 e. The minimum Gasteiger partial charge on any atom is -0.378 e. The number of nitrogens with one attached hydrogen (secondary N) is 1. The number of hydrogen-bond donors (Lipinski definition) is 1. The number of ether oxygens (including phenoxy) is 1. The molecule has 8 heteroatoms. The number of benzene rings is 1. The van der Waals surface area contributed by atoms with Gasteiger partial charge in [-0.2, -0.15) is 0 Å². The molecule has 0 unspecified atom stereocenters. The molecule has 1 aliphatic rings. The van der Waals surface area contributed by atoms with Crippen molar-refractivity contribution >= 4 is 61.3 Å². The van der Waals surface area contributed by atoms with Crippen LogP contribution in [0.4, 0.5) is 5.69 Å². The van der Waals surface area contributed by atoms with E-state index in [-0.39, 0.29) is 5.56 Å². The fourth-order valence-electron chi connectivity index (χ4n) is 3.49. The molecule has 30 heavy (non-hydrogen) atoms. The minimum atomic E-state index is -0.172. The summed E-state index contributed by atoms with van der Waals surface area (Å²) in [5, 5.41) is 4.99. The molecular weight excluding hydrogens is 438 g/mol. The van der Waals surface area contributed by atoms with Gasteiger partial charge in [0, 0.05) is 34.6 Å². The Labute approximate surface area is 186 Å². The van der Waals surface area contributed by atoms with Crippen molar-refractivity contribution in [2.24, 2.45) is 0 Å². The van der Waals surface area contributed by atoms with Crippen molar-refractivity contribution in [3.05, 3.63) is 68.9 Å². The lowest BCUT2D eigenvalue weighted by Crippen LogP contribution is -2.36. The van der Waals surface area contributed by atoms with Crippen LogP contribution in [0, 0.1) is 0 Å². The van der Waals surface area contributed by atoms with Crippen LogP contribution in [0.1, 0.15) is 11.4 Å². The molecule has 1 saturated heterocycles. The van der Waals surface area contributed by atoms with E-state index in [0.29, 0.717) is 21.1 Å². The fraction of sp³-hybridized carbons (Fsp3) is 0.182. The van der Waals surface area contributed by atoms with Gasteiger partial charge in [-0.3, -0.25) is 4.79 Å². The number of thiophene rings is 2. The maximum absolute atomic E-state index is 12.8. The van der Waals surface area contributed by atoms with E-state index in [1.807, 2.05) is 41.1 Å². The van der Waals surface area contributed by atoms with Crippen LogP contribution in [0.15, 0.2) is 52.0 Å². The van der Waals surface area contributed by atoms with Crippen LogP contribution in [-0.4, -0.2) is 36.3 Å². The van der Waals surface area contributed by atoms with Gasteiger partial charge in [0.2, 0.25) is 0 Å². The molecule has 0 amide bonds. The second-order valence-electron chi connectivity index (χ2n) is 6.90. The highest BCUT2D eigenvalue weighted by atomic mass is 35.5. The number of rotatable bonds is 4. The molecule has 0 spiro atoms. The molecule has 0 bridgehead atoms. The quantitative estimate of drug-likeness (QED) is 0.454. The highest BCUT2D eigenvalue weighted by Gasteiger charge is 2.15. The van der Waals surface area contributed by atoms with E-state index < -0.39 is 0 Å². The third-order valence-corrected chi connectivity index (χ3v) is 7.08. The molecule has 1 N–H and O–H groups in total. The van der Waals surface area contributed by atoms with Gasteiger partial charge in [0.15, 0.2) is 5.82 Å². The first kappa shape index (κ1) is 19.5. The third-order valence-electron chi connectivity index (χ3n) is 5.02. The number of hydrogen-bond acceptors (Lipinski definition) is 6. The molecule has 0 aliphatic carbocycles. The normalized spacial score (nSPS) is 15.1. The second-order valence-corrected chi connectivity index (χ2v) is 9.12. The average molecular weight is 456 g/mol. The summed E-state index contributed by atoms with van der Waals surface area (Å²) in [7, 11) is 0. The first-order chi connectivity index (χ1) is 14.7. The summed E-state index contributed by atoms with van der Waals surface area (Å²) in [5.41, 5.74) is 2.86. The summed E-state index contributed by atoms with van der Waals surface area (Å²) < 4.78 is 5.41. The van der Waals surface area contributed by atoms with Gasteiger partial charge in [-0.15, -0.1) is 22.7 Å². The average Bonchev–Trinajstić information content (AvgIpc) is 3.45. The molecule has 0 atom stereocenters. The summed E-state index contributed by atoms with van der Waals surface area (Å²) in [6, 6.07) is 12.2. The standard InChI is InChI=1S/C22H18ClN3O2S2/c23-17(12-14-3-5-15(6-4-14)26-7-9-28-10-8-26)20-24-21(27)19-16(13-30-22(19)25-20)18-2-1-11-29-18/h1-6,11-13H,7-10H2,(H,24,25,27). The molecular formula is C22H18ClN3O2S2. The molecule has 1 aliphatic heterocycles. The number of fused-ring (bicyclic) bond motifs is 1. The first-order valence-electron chi connectivity index (χ1n) is 9.55. The molecule has 4 aromatic rings. The van der Waals surface area contributed by atoms with Gasteiger partial charge in [0.25, 0.3) is 5.56 Å². The molecule has 5 nitrogen and oxygen atoms in total. The molecule has 0 radical (unpaired) electrons. The van der Waals surface area contributed by atoms with Gasteiger partial charge < -0.3 is 14.6 Å². The lowest BCUT2D eigenvalue weighted by molar-refractivity contribution is 0.122. The van der Waals surface area contributed by atoms with E-state index in [1.165, 1.54) is 17.0 Å². The van der Waals surface area contributed by atoms with E-state index in [4.69, 9.17) is 16.3 Å². The number of nitrogens with zero attached hydrogens (tertiary/aromatic N) is 2. The van der Waals surface area contributed by atoms with E-state index in [9.17, 15) is 4.79 Å². The van der Waals surface area contributed by atoms with Crippen LogP contribution >= 0.6 is 34.3 Å². The van der Waals surface area contributed by atoms with Gasteiger partial charge in [-0.05, 0) is 35.2 Å². The molecule has 5 rings (SSSR count). The van der Waals surface area contributed by atoms with Crippen molar-refractivity contribution in [3.63, 3.8) is 0 Å². The van der Waals surface area contributed by atoms with Crippen molar-refractivity contribution < 1.29 is 4.74 Å². The monoisotopic (exact) mass is 455 g/mol. The van der Waals surface area contributed by atoms with Gasteiger partial charge >= 0.3 is 0 Å². The molecule has 152 valence electrons. The van der Waals surface area contributed by atoms with Crippen molar-refractivity contribution in [1.29, 1.82) is 0 Å². The van der Waals surface area contributed by atoms with E-state index >= 15 is 0 Å². The summed E-state index contributed by atoms with van der Waals surface area (Å²) >= 11 is 9.58. The lowest BCUT2D eigenvalue weighted by Gasteiger charge is -2.28. The molecule has 3 aromatic heterocycles. The molecule has 4 heterocycles. The predicted octanol–water partition coefficient (Wildman–Crippen LogP) is 5.29. The summed E-state index contributed by atoms with van der Waals surface area (Å²) in [4.78, 5) is 24.3. The minimum absolute atomic E-state index is 0.172. The summed E-state index contributed by atoms with van der Waals surface area (Å²) in [6.45, 7) is 3.31. The summed E-state index contributed by atoms with van der Waals surface area (Å²) in [5.74, 6) is 0.381. The number of halogens is 1. The Hall–Kier alpha value is -2.45. The fourth-order valence-corrected chi connectivity index (χ4v) is 5.47. The Morgan fingerprint density at radius 3 is 2.70 bits per heavy atom. The van der Waals surface area contributed by atoms with Crippen LogP contribution in [-0.2, 0) is 4.74 Å². The number of aromatic amines is 1. The zero-order chi connectivity index (χ0) is 20.5. The Morgan fingerprint density at radius 1 is 1.17 bits per heavy atom. The topological polar surface area (TPSA) is 58.2 Å². The number of aromatic nitrogens is 2. The predicted molar refractivity (Wildman–Crippen MR) is 127 cm³/mol. The van der Waals surface area contributed by atoms with Crippen LogP contribution < -0.4 is 10.5 Å². The highest BCUT2D eigenvalue weighted by molar-refractivity contribution is 7.18. The number of morpholine rings is 1. The molecule has 1 fully saturated rings. The number of H-pyrrole nitrogens is 1. The zero-order valence-corrected chi connectivity index (χ0v) is 18.3. The van der Waals surface area contributed by atoms with Crippen molar-refractivity contribution in [3.8, 4) is 10.4 Å². The first-order valence-corrected chi connectivity index (χ1v) is 11.7. The van der Waals surface area contributed by atoms with Gasteiger partial charge in [-0.25, -0.2) is 4.98 Å². The van der Waals surface area contributed by atoms with Crippen LogP contribution in [0.25, 0.3) is 31.8 Å². The highest BCUT2D eigenvalue weighted by Crippen LogP contribution is 2.34. The van der Waals surface area contributed by atoms with Crippen molar-refractivity contribution in [1.82, 2.24) is 9.97 Å². The Morgan fingerprint density at radius 2 is 1.97 bits per heavy atom. The zero-order valence-electron chi connectivity index (χ0n) is 15.9. The lowest BCUT2D eigenvalue weighted by atomic mass is 10.1. The Bertz CT molecular complexity index is 1250. The molecule has 1 aromatic carbocycles. The van der Waals surface area contributed by atoms with Gasteiger partial charge in [-0.1, -0.05) is 29.8 Å². The van der Waals surface area contributed by atoms with Crippen LogP contribution in [0.5, 0.6) is 0 Å². The maximum atomic E-state index is 12.8. The SMILES string of the molecule is O=c1[nH]c(C(Cl)=Cc2ccc(N3CCOCC3)cc2)nc2scc(-c3cccs3)c12. The second kappa shape index (κ2) is 8.35. The number of anilines is 1. The van der Waals surface area contributed by atoms with Gasteiger partial charge in [0.1, 0.15) is 4.83 Å². The van der Waals surface area contributed by atoms with E-state index in [0.717, 1.165) is 42.3 Å². The van der Waals surface area contributed by atoms with Crippen LogP contribution in [0.3, 0.4) is 0 Å². The van der Waals surface area contributed by atoms with Crippen molar-refractivity contribution in [2.45, 2.75) is 0 Å². The Kier molecular flexibility index (Phi) is 5.43. The molecule has 0 saturated carbocycles. The Balaban J connectivity index is 1.43. The van der Waals surface area contributed by atoms with Crippen LogP contribution in [0.2, 0.25) is 0 Å². The van der Waals surface area contributed by atoms with Gasteiger partial charge in [0.05, 0.1) is 23.6 Å².